The molecule has 5 heteroatoms. The van der Waals surface area contributed by atoms with Crippen LogP contribution in [0.3, 0.4) is 0 Å². The smallest absolute Gasteiger partial charge is 0.230 e. The Kier molecular flexibility index (Phi) is 3.47. The Hall–Kier alpha value is -2.20. The number of aromatic nitrogens is 2. The van der Waals surface area contributed by atoms with E-state index in [1.165, 1.54) is 0 Å². The van der Waals surface area contributed by atoms with Crippen LogP contribution in [0.4, 0.5) is 0 Å². The maximum Gasteiger partial charge on any atom is 0.230 e. The van der Waals surface area contributed by atoms with Gasteiger partial charge in [-0.25, -0.2) is 0 Å². The van der Waals surface area contributed by atoms with Crippen molar-refractivity contribution in [2.75, 3.05) is 0 Å². The summed E-state index contributed by atoms with van der Waals surface area (Å²) in [6, 6.07) is 8.86. The van der Waals surface area contributed by atoms with Gasteiger partial charge in [0.1, 0.15) is 0 Å². The van der Waals surface area contributed by atoms with Gasteiger partial charge in [0.05, 0.1) is 22.0 Å². The van der Waals surface area contributed by atoms with Gasteiger partial charge in [-0.1, -0.05) is 30.7 Å². The van der Waals surface area contributed by atoms with Crippen LogP contribution < -0.4 is 0 Å². The topological polar surface area (TPSA) is 56.0 Å². The Bertz CT molecular complexity index is 839. The van der Waals surface area contributed by atoms with Crippen LogP contribution in [-0.2, 0) is 6.42 Å². The van der Waals surface area contributed by atoms with Crippen molar-refractivity contribution in [1.29, 1.82) is 0 Å². The molecule has 0 spiro atoms. The monoisotopic (exact) mass is 300 g/mol. The van der Waals surface area contributed by atoms with Crippen molar-refractivity contribution in [2.24, 2.45) is 0 Å². The fourth-order valence-electron chi connectivity index (χ4n) is 2.24. The molecule has 106 valence electrons. The van der Waals surface area contributed by atoms with Crippen LogP contribution in [0.15, 0.2) is 34.7 Å². The third kappa shape index (κ3) is 2.43. The number of benzene rings is 1. The van der Waals surface area contributed by atoms with Gasteiger partial charge >= 0.3 is 0 Å². The first kappa shape index (κ1) is 13.8. The van der Waals surface area contributed by atoms with Crippen molar-refractivity contribution in [3.05, 3.63) is 58.1 Å². The summed E-state index contributed by atoms with van der Waals surface area (Å²) in [7, 11) is 0. The maximum atomic E-state index is 12.7. The molecule has 21 heavy (non-hydrogen) atoms. The van der Waals surface area contributed by atoms with Crippen molar-refractivity contribution >= 4 is 28.4 Å². The zero-order valence-corrected chi connectivity index (χ0v) is 12.4. The van der Waals surface area contributed by atoms with Crippen LogP contribution in [0.2, 0.25) is 5.02 Å². The largest absolute Gasteiger partial charge is 0.451 e. The summed E-state index contributed by atoms with van der Waals surface area (Å²) >= 11 is 6.08. The van der Waals surface area contributed by atoms with Crippen LogP contribution in [-0.4, -0.2) is 16.0 Å². The maximum absolute atomic E-state index is 12.7. The minimum atomic E-state index is -0.197. The normalized spacial score (nSPS) is 11.0. The number of carbonyl (C=O) groups is 1. The van der Waals surface area contributed by atoms with Gasteiger partial charge < -0.3 is 4.42 Å². The number of furan rings is 1. The van der Waals surface area contributed by atoms with E-state index in [1.54, 1.807) is 25.1 Å². The van der Waals surface area contributed by atoms with Crippen LogP contribution in [0.1, 0.15) is 34.4 Å². The van der Waals surface area contributed by atoms with E-state index in [4.69, 9.17) is 16.0 Å². The number of hydrogen-bond donors (Lipinski definition) is 0. The third-order valence-corrected chi connectivity index (χ3v) is 3.59. The Morgan fingerprint density at radius 1 is 1.29 bits per heavy atom. The van der Waals surface area contributed by atoms with E-state index < -0.39 is 0 Å². The highest BCUT2D eigenvalue weighted by Crippen LogP contribution is 2.28. The molecule has 0 atom stereocenters. The van der Waals surface area contributed by atoms with Crippen molar-refractivity contribution in [2.45, 2.75) is 20.3 Å². The van der Waals surface area contributed by atoms with Crippen molar-refractivity contribution < 1.29 is 9.21 Å². The Balaban J connectivity index is 2.12. The highest BCUT2D eigenvalue weighted by molar-refractivity contribution is 6.35. The number of carbonyl (C=O) groups excluding carboxylic acids is 1. The fraction of sp³-hybridized carbons (Fsp3) is 0.188. The summed E-state index contributed by atoms with van der Waals surface area (Å²) in [5.74, 6) is 0.0670. The SMILES string of the molecule is CCc1nnc(C)cc1C(=O)c1cc2cccc(Cl)c2o1. The molecule has 0 saturated carbocycles. The number of rotatable bonds is 3. The zero-order valence-electron chi connectivity index (χ0n) is 11.7. The first-order valence-corrected chi connectivity index (χ1v) is 7.04. The standard InChI is InChI=1S/C16H13ClN2O2/c1-3-13-11(7-9(2)18-19-13)15(20)14-8-10-5-4-6-12(17)16(10)21-14/h4-8H,3H2,1-2H3. The first-order chi connectivity index (χ1) is 10.1. The Morgan fingerprint density at radius 2 is 2.10 bits per heavy atom. The minimum absolute atomic E-state index is 0.197. The van der Waals surface area contributed by atoms with Gasteiger partial charge in [0, 0.05) is 5.39 Å². The molecule has 0 aliphatic heterocycles. The second kappa shape index (κ2) is 5.30. The van der Waals surface area contributed by atoms with E-state index >= 15 is 0 Å². The summed E-state index contributed by atoms with van der Waals surface area (Å²) in [5, 5.41) is 9.37. The van der Waals surface area contributed by atoms with Gasteiger partial charge in [-0.3, -0.25) is 4.79 Å². The molecule has 0 aliphatic rings. The van der Waals surface area contributed by atoms with Crippen LogP contribution >= 0.6 is 11.6 Å². The summed E-state index contributed by atoms with van der Waals surface area (Å²) in [5.41, 5.74) is 2.42. The molecular formula is C16H13ClN2O2. The van der Waals surface area contributed by atoms with E-state index in [2.05, 4.69) is 10.2 Å². The molecule has 0 fully saturated rings. The summed E-state index contributed by atoms with van der Waals surface area (Å²) < 4.78 is 5.62. The van der Waals surface area contributed by atoms with Gasteiger partial charge in [0.25, 0.3) is 0 Å². The van der Waals surface area contributed by atoms with Crippen LogP contribution in [0.5, 0.6) is 0 Å². The van der Waals surface area contributed by atoms with Crippen LogP contribution in [0.25, 0.3) is 11.0 Å². The van der Waals surface area contributed by atoms with E-state index in [0.717, 1.165) is 5.39 Å². The van der Waals surface area contributed by atoms with Gasteiger partial charge in [0.15, 0.2) is 11.3 Å². The quantitative estimate of drug-likeness (QED) is 0.687. The molecule has 4 nitrogen and oxygen atoms in total. The number of halogens is 1. The molecule has 2 heterocycles. The summed E-state index contributed by atoms with van der Waals surface area (Å²) in [6.07, 6.45) is 0.634. The van der Waals surface area contributed by atoms with Crippen LogP contribution in [0, 0.1) is 6.92 Å². The number of hydrogen-bond acceptors (Lipinski definition) is 4. The molecule has 3 aromatic rings. The minimum Gasteiger partial charge on any atom is -0.451 e. The van der Waals surface area contributed by atoms with E-state index in [9.17, 15) is 4.79 Å². The number of para-hydroxylation sites is 1. The lowest BCUT2D eigenvalue weighted by molar-refractivity contribution is 0.101. The predicted molar refractivity (Wildman–Crippen MR) is 80.8 cm³/mol. The molecule has 0 saturated heterocycles. The van der Waals surface area contributed by atoms with Gasteiger partial charge in [0.2, 0.25) is 5.78 Å². The lowest BCUT2D eigenvalue weighted by atomic mass is 10.1. The van der Waals surface area contributed by atoms with E-state index in [0.29, 0.717) is 34.0 Å². The first-order valence-electron chi connectivity index (χ1n) is 6.66. The number of nitrogens with zero attached hydrogens (tertiary/aromatic N) is 2. The predicted octanol–water partition coefficient (Wildman–Crippen LogP) is 3.98. The van der Waals surface area contributed by atoms with E-state index in [1.807, 2.05) is 19.1 Å². The molecule has 3 rings (SSSR count). The molecule has 0 bridgehead atoms. The van der Waals surface area contributed by atoms with Crippen molar-refractivity contribution in [3.63, 3.8) is 0 Å². The van der Waals surface area contributed by atoms with Crippen molar-refractivity contribution in [3.8, 4) is 0 Å². The highest BCUT2D eigenvalue weighted by atomic mass is 35.5. The molecule has 2 aromatic heterocycles. The highest BCUT2D eigenvalue weighted by Gasteiger charge is 2.19. The lowest BCUT2D eigenvalue weighted by Crippen LogP contribution is -2.08. The lowest BCUT2D eigenvalue weighted by Gasteiger charge is -2.04. The molecule has 1 aromatic carbocycles. The molecule has 0 N–H and O–H groups in total. The zero-order chi connectivity index (χ0) is 15.0. The molecular weight excluding hydrogens is 288 g/mol. The van der Waals surface area contributed by atoms with Gasteiger partial charge in [-0.2, -0.15) is 10.2 Å². The average Bonchev–Trinajstić information content (AvgIpc) is 2.92. The second-order valence-electron chi connectivity index (χ2n) is 4.80. The molecule has 0 aliphatic carbocycles. The van der Waals surface area contributed by atoms with Gasteiger partial charge in [-0.05, 0) is 31.5 Å². The second-order valence-corrected chi connectivity index (χ2v) is 5.20. The Morgan fingerprint density at radius 3 is 2.81 bits per heavy atom. The summed E-state index contributed by atoms with van der Waals surface area (Å²) in [4.78, 5) is 12.7. The molecule has 0 unspecified atom stereocenters. The van der Waals surface area contributed by atoms with E-state index in [-0.39, 0.29) is 11.5 Å². The number of ketones is 1. The average molecular weight is 301 g/mol. The fourth-order valence-corrected chi connectivity index (χ4v) is 2.46. The summed E-state index contributed by atoms with van der Waals surface area (Å²) in [6.45, 7) is 3.74. The van der Waals surface area contributed by atoms with Gasteiger partial charge in [-0.15, -0.1) is 0 Å². The third-order valence-electron chi connectivity index (χ3n) is 3.29. The van der Waals surface area contributed by atoms with Crippen molar-refractivity contribution in [1.82, 2.24) is 10.2 Å². The Labute approximate surface area is 126 Å². The molecule has 0 amide bonds. The number of aryl methyl sites for hydroxylation is 2. The number of fused-ring (bicyclic) bond motifs is 1. The molecule has 0 radical (unpaired) electrons.